The molecule has 3 aromatic rings. The van der Waals surface area contributed by atoms with Crippen molar-refractivity contribution in [1.82, 2.24) is 20.3 Å². The number of aromatic nitrogens is 3. The van der Waals surface area contributed by atoms with Gasteiger partial charge in [0, 0.05) is 24.1 Å². The van der Waals surface area contributed by atoms with E-state index in [9.17, 15) is 4.79 Å². The van der Waals surface area contributed by atoms with Crippen molar-refractivity contribution >= 4 is 5.91 Å². The lowest BCUT2D eigenvalue weighted by atomic mass is 10.1. The lowest BCUT2D eigenvalue weighted by Crippen LogP contribution is -2.17. The fourth-order valence-corrected chi connectivity index (χ4v) is 3.29. The predicted molar refractivity (Wildman–Crippen MR) is 98.5 cm³/mol. The van der Waals surface area contributed by atoms with Gasteiger partial charge in [-0.25, -0.2) is 4.68 Å². The highest BCUT2D eigenvalue weighted by Crippen LogP contribution is 2.40. The number of primary amides is 1. The van der Waals surface area contributed by atoms with E-state index in [1.54, 1.807) is 16.8 Å². The van der Waals surface area contributed by atoms with E-state index < -0.39 is 5.91 Å². The molecule has 1 fully saturated rings. The van der Waals surface area contributed by atoms with Crippen LogP contribution in [0.2, 0.25) is 0 Å². The maximum Gasteiger partial charge on any atom is 0.249 e. The summed E-state index contributed by atoms with van der Waals surface area (Å²) in [5.74, 6) is 0.164. The number of nitrogens with zero attached hydrogens (tertiary/aromatic N) is 3. The molecule has 0 spiro atoms. The molecule has 4 rings (SSSR count). The zero-order chi connectivity index (χ0) is 17.9. The summed E-state index contributed by atoms with van der Waals surface area (Å²) >= 11 is 0. The SMILES string of the molecule is NC(=O)c1ccccc1Cn1cc(CNC2CC2c2ccccc2)nn1. The number of benzene rings is 2. The van der Waals surface area contributed by atoms with Crippen LogP contribution in [-0.4, -0.2) is 26.9 Å². The van der Waals surface area contributed by atoms with Crippen LogP contribution in [0.1, 0.15) is 39.5 Å². The molecule has 0 aliphatic heterocycles. The smallest absolute Gasteiger partial charge is 0.249 e. The molecule has 2 atom stereocenters. The van der Waals surface area contributed by atoms with Crippen LogP contribution < -0.4 is 11.1 Å². The molecule has 1 amide bonds. The summed E-state index contributed by atoms with van der Waals surface area (Å²) in [4.78, 5) is 11.5. The number of carbonyl (C=O) groups is 1. The van der Waals surface area contributed by atoms with Gasteiger partial charge in [-0.1, -0.05) is 53.7 Å². The number of nitrogens with two attached hydrogens (primary N) is 1. The molecule has 0 radical (unpaired) electrons. The Kier molecular flexibility index (Phi) is 4.50. The standard InChI is InChI=1S/C20H21N5O/c21-20(26)17-9-5-4-8-15(17)12-25-13-16(23-24-25)11-22-19-10-18(19)14-6-2-1-3-7-14/h1-9,13,18-19,22H,10-12H2,(H2,21,26). The molecule has 26 heavy (non-hydrogen) atoms. The van der Waals surface area contributed by atoms with E-state index in [2.05, 4.69) is 39.9 Å². The Hall–Kier alpha value is -2.99. The van der Waals surface area contributed by atoms with Crippen molar-refractivity contribution in [3.63, 3.8) is 0 Å². The molecule has 1 heterocycles. The minimum atomic E-state index is -0.428. The van der Waals surface area contributed by atoms with Gasteiger partial charge in [-0.2, -0.15) is 0 Å². The predicted octanol–water partition coefficient (Wildman–Crippen LogP) is 2.07. The molecule has 0 bridgehead atoms. The van der Waals surface area contributed by atoms with Crippen LogP contribution in [-0.2, 0) is 13.1 Å². The Morgan fingerprint density at radius 3 is 2.73 bits per heavy atom. The van der Waals surface area contributed by atoms with Crippen LogP contribution in [0.15, 0.2) is 60.8 Å². The van der Waals surface area contributed by atoms with Gasteiger partial charge in [-0.3, -0.25) is 4.79 Å². The van der Waals surface area contributed by atoms with Crippen molar-refractivity contribution in [2.75, 3.05) is 0 Å². The molecule has 0 saturated heterocycles. The first-order chi connectivity index (χ1) is 12.7. The van der Waals surface area contributed by atoms with Gasteiger partial charge >= 0.3 is 0 Å². The van der Waals surface area contributed by atoms with Crippen molar-refractivity contribution in [1.29, 1.82) is 0 Å². The zero-order valence-corrected chi connectivity index (χ0v) is 14.4. The van der Waals surface area contributed by atoms with Crippen LogP contribution in [0.5, 0.6) is 0 Å². The molecular weight excluding hydrogens is 326 g/mol. The topological polar surface area (TPSA) is 85.8 Å². The molecule has 1 aliphatic rings. The number of hydrogen-bond donors (Lipinski definition) is 2. The molecule has 6 nitrogen and oxygen atoms in total. The normalized spacial score (nSPS) is 18.6. The second-order valence-electron chi connectivity index (χ2n) is 6.67. The molecule has 132 valence electrons. The highest BCUT2D eigenvalue weighted by Gasteiger charge is 2.37. The Bertz CT molecular complexity index is 905. The summed E-state index contributed by atoms with van der Waals surface area (Å²) in [5.41, 5.74) is 9.07. The monoisotopic (exact) mass is 347 g/mol. The van der Waals surface area contributed by atoms with Gasteiger partial charge in [0.2, 0.25) is 5.91 Å². The largest absolute Gasteiger partial charge is 0.366 e. The van der Waals surface area contributed by atoms with Crippen LogP contribution in [0, 0.1) is 0 Å². The second kappa shape index (κ2) is 7.09. The van der Waals surface area contributed by atoms with Gasteiger partial charge < -0.3 is 11.1 Å². The Morgan fingerprint density at radius 1 is 1.15 bits per heavy atom. The summed E-state index contributed by atoms with van der Waals surface area (Å²) < 4.78 is 1.74. The summed E-state index contributed by atoms with van der Waals surface area (Å²) in [7, 11) is 0. The minimum absolute atomic E-state index is 0.428. The van der Waals surface area contributed by atoms with Crippen molar-refractivity contribution in [2.45, 2.75) is 31.5 Å². The molecular formula is C20H21N5O. The van der Waals surface area contributed by atoms with Gasteiger partial charge in [0.1, 0.15) is 0 Å². The average Bonchev–Trinajstić information content (AvgIpc) is 3.31. The second-order valence-corrected chi connectivity index (χ2v) is 6.67. The quantitative estimate of drug-likeness (QED) is 0.685. The Balaban J connectivity index is 1.34. The lowest BCUT2D eigenvalue weighted by Gasteiger charge is -2.05. The number of hydrogen-bond acceptors (Lipinski definition) is 4. The number of amides is 1. The van der Waals surface area contributed by atoms with Gasteiger partial charge in [0.15, 0.2) is 0 Å². The summed E-state index contributed by atoms with van der Waals surface area (Å²) in [6.45, 7) is 1.16. The first-order valence-electron chi connectivity index (χ1n) is 8.76. The summed E-state index contributed by atoms with van der Waals surface area (Å²) in [6.07, 6.45) is 3.06. The van der Waals surface area contributed by atoms with Crippen molar-refractivity contribution in [3.8, 4) is 0 Å². The van der Waals surface area contributed by atoms with Crippen LogP contribution in [0.4, 0.5) is 0 Å². The number of rotatable bonds is 7. The molecule has 3 N–H and O–H groups in total. The minimum Gasteiger partial charge on any atom is -0.366 e. The van der Waals surface area contributed by atoms with E-state index in [4.69, 9.17) is 5.73 Å². The lowest BCUT2D eigenvalue weighted by molar-refractivity contribution is 0.0999. The molecule has 1 aliphatic carbocycles. The van der Waals surface area contributed by atoms with Gasteiger partial charge in [-0.05, 0) is 23.6 Å². The zero-order valence-electron chi connectivity index (χ0n) is 14.4. The molecule has 1 saturated carbocycles. The first-order valence-corrected chi connectivity index (χ1v) is 8.76. The third kappa shape index (κ3) is 3.65. The highest BCUT2D eigenvalue weighted by atomic mass is 16.1. The van der Waals surface area contributed by atoms with E-state index in [0.29, 0.717) is 30.6 Å². The van der Waals surface area contributed by atoms with Crippen molar-refractivity contribution in [3.05, 3.63) is 83.2 Å². The molecule has 2 aromatic carbocycles. The van der Waals surface area contributed by atoms with Crippen LogP contribution in [0.3, 0.4) is 0 Å². The third-order valence-electron chi connectivity index (χ3n) is 4.76. The average molecular weight is 347 g/mol. The van der Waals surface area contributed by atoms with Crippen molar-refractivity contribution in [2.24, 2.45) is 5.73 Å². The fourth-order valence-electron chi connectivity index (χ4n) is 3.29. The third-order valence-corrected chi connectivity index (χ3v) is 4.76. The summed E-state index contributed by atoms with van der Waals surface area (Å²) in [6, 6.07) is 18.4. The van der Waals surface area contributed by atoms with E-state index in [1.165, 1.54) is 5.56 Å². The van der Waals surface area contributed by atoms with Crippen molar-refractivity contribution < 1.29 is 4.79 Å². The highest BCUT2D eigenvalue weighted by molar-refractivity contribution is 5.94. The van der Waals surface area contributed by atoms with Gasteiger partial charge in [0.25, 0.3) is 0 Å². The molecule has 6 heteroatoms. The fraction of sp³-hybridized carbons (Fsp3) is 0.250. The van der Waals surface area contributed by atoms with Gasteiger partial charge in [-0.15, -0.1) is 5.10 Å². The van der Waals surface area contributed by atoms with E-state index >= 15 is 0 Å². The maximum absolute atomic E-state index is 11.5. The number of nitrogens with one attached hydrogen (secondary N) is 1. The summed E-state index contributed by atoms with van der Waals surface area (Å²) in [5, 5.41) is 11.9. The maximum atomic E-state index is 11.5. The Labute approximate surface area is 152 Å². The Morgan fingerprint density at radius 2 is 1.92 bits per heavy atom. The van der Waals surface area contributed by atoms with Crippen LogP contribution >= 0.6 is 0 Å². The van der Waals surface area contributed by atoms with E-state index in [0.717, 1.165) is 17.7 Å². The van der Waals surface area contributed by atoms with Crippen LogP contribution in [0.25, 0.3) is 0 Å². The molecule has 1 aromatic heterocycles. The van der Waals surface area contributed by atoms with Gasteiger partial charge in [0.05, 0.1) is 18.4 Å². The van der Waals surface area contributed by atoms with E-state index in [-0.39, 0.29) is 0 Å². The first kappa shape index (κ1) is 16.5. The van der Waals surface area contributed by atoms with E-state index in [1.807, 2.05) is 24.4 Å². The number of carbonyl (C=O) groups excluding carboxylic acids is 1. The molecule has 2 unspecified atom stereocenters.